The van der Waals surface area contributed by atoms with E-state index in [1.54, 1.807) is 31.2 Å². The maximum atomic E-state index is 12.9. The van der Waals surface area contributed by atoms with E-state index in [4.69, 9.17) is 16.3 Å². The summed E-state index contributed by atoms with van der Waals surface area (Å²) in [5.74, 6) is -0.776. The molecule has 0 aliphatic heterocycles. The number of rotatable bonds is 9. The van der Waals surface area contributed by atoms with Gasteiger partial charge in [0.2, 0.25) is 0 Å². The van der Waals surface area contributed by atoms with Crippen LogP contribution in [0.4, 0.5) is 11.4 Å². The van der Waals surface area contributed by atoms with Gasteiger partial charge in [0.15, 0.2) is 5.78 Å². The Morgan fingerprint density at radius 3 is 2.45 bits per heavy atom. The molecule has 0 bridgehead atoms. The molecular weight excluding hydrogens is 396 g/mol. The molecule has 0 saturated carbocycles. The van der Waals surface area contributed by atoms with Gasteiger partial charge in [0, 0.05) is 29.9 Å². The molecule has 1 N–H and O–H groups in total. The zero-order chi connectivity index (χ0) is 21.6. The fourth-order valence-electron chi connectivity index (χ4n) is 2.52. The number of ether oxygens (including phenoxy) is 1. The zero-order valence-electron chi connectivity index (χ0n) is 16.5. The Balaban J connectivity index is 2.17. The minimum absolute atomic E-state index is 0.104. The average molecular weight is 419 g/mol. The van der Waals surface area contributed by atoms with Crippen LogP contribution in [-0.2, 0) is 9.53 Å². The number of nitrogens with zero attached hydrogens (tertiary/aromatic N) is 1. The van der Waals surface area contributed by atoms with Crippen molar-refractivity contribution in [3.05, 3.63) is 68.7 Å². The number of carbonyl (C=O) groups excluding carboxylic acids is 2. The smallest absolute Gasteiger partial charge is 0.308 e. The summed E-state index contributed by atoms with van der Waals surface area (Å²) in [7, 11) is 0. The second-order valence-electron chi connectivity index (χ2n) is 6.92. The Bertz CT molecular complexity index is 914. The highest BCUT2D eigenvalue weighted by Gasteiger charge is 2.21. The van der Waals surface area contributed by atoms with Gasteiger partial charge < -0.3 is 10.1 Å². The van der Waals surface area contributed by atoms with Gasteiger partial charge in [-0.2, -0.15) is 0 Å². The van der Waals surface area contributed by atoms with Gasteiger partial charge in [-0.15, -0.1) is 0 Å². The van der Waals surface area contributed by atoms with Gasteiger partial charge in [0.25, 0.3) is 5.69 Å². The summed E-state index contributed by atoms with van der Waals surface area (Å²) in [5, 5.41) is 14.4. The van der Waals surface area contributed by atoms with E-state index in [1.165, 1.54) is 18.2 Å². The monoisotopic (exact) mass is 418 g/mol. The number of ketones is 1. The van der Waals surface area contributed by atoms with E-state index in [0.717, 1.165) is 0 Å². The summed E-state index contributed by atoms with van der Waals surface area (Å²) >= 11 is 6.11. The first-order chi connectivity index (χ1) is 13.7. The predicted molar refractivity (Wildman–Crippen MR) is 111 cm³/mol. The number of nitrogens with one attached hydrogen (secondary N) is 1. The largest absolute Gasteiger partial charge is 0.464 e. The minimum Gasteiger partial charge on any atom is -0.464 e. The summed E-state index contributed by atoms with van der Waals surface area (Å²) in [4.78, 5) is 35.4. The van der Waals surface area contributed by atoms with Crippen LogP contribution in [0, 0.1) is 22.0 Å². The number of non-ortho nitro benzene ring substituents is 1. The second kappa shape index (κ2) is 10.0. The summed E-state index contributed by atoms with van der Waals surface area (Å²) in [6.45, 7) is 6.03. The van der Waals surface area contributed by atoms with Crippen molar-refractivity contribution in [3.63, 3.8) is 0 Å². The second-order valence-corrected chi connectivity index (χ2v) is 7.33. The Labute approximate surface area is 174 Å². The zero-order valence-corrected chi connectivity index (χ0v) is 17.2. The van der Waals surface area contributed by atoms with E-state index in [1.807, 2.05) is 13.8 Å². The average Bonchev–Trinajstić information content (AvgIpc) is 2.70. The molecule has 1 unspecified atom stereocenters. The van der Waals surface area contributed by atoms with Gasteiger partial charge >= 0.3 is 5.97 Å². The molecule has 0 spiro atoms. The summed E-state index contributed by atoms with van der Waals surface area (Å²) in [6.07, 6.45) is 0. The normalized spacial score (nSPS) is 11.8. The van der Waals surface area contributed by atoms with Crippen LogP contribution in [0.1, 0.15) is 36.7 Å². The number of carbonyl (C=O) groups is 2. The molecule has 0 aliphatic rings. The molecular formula is C21H23ClN2O5. The van der Waals surface area contributed by atoms with E-state index in [2.05, 4.69) is 5.32 Å². The molecule has 0 heterocycles. The summed E-state index contributed by atoms with van der Waals surface area (Å²) < 4.78 is 5.24. The van der Waals surface area contributed by atoms with Crippen molar-refractivity contribution in [2.24, 2.45) is 11.8 Å². The van der Waals surface area contributed by atoms with Crippen LogP contribution >= 0.6 is 11.6 Å². The number of benzene rings is 2. The Kier molecular flexibility index (Phi) is 7.73. The number of nitro benzene ring substituents is 1. The van der Waals surface area contributed by atoms with Gasteiger partial charge in [-0.25, -0.2) is 0 Å². The molecule has 0 radical (unpaired) electrons. The lowest BCUT2D eigenvalue weighted by Crippen LogP contribution is -2.22. The Hall–Kier alpha value is -2.93. The molecule has 0 saturated heterocycles. The summed E-state index contributed by atoms with van der Waals surface area (Å²) in [5.41, 5.74) is 0.556. The van der Waals surface area contributed by atoms with E-state index < -0.39 is 10.7 Å². The van der Waals surface area contributed by atoms with Crippen LogP contribution in [0.3, 0.4) is 0 Å². The van der Waals surface area contributed by atoms with Crippen LogP contribution < -0.4 is 5.32 Å². The third-order valence-corrected chi connectivity index (χ3v) is 4.94. The van der Waals surface area contributed by atoms with E-state index in [-0.39, 0.29) is 52.8 Å². The van der Waals surface area contributed by atoms with Crippen LogP contribution in [0.5, 0.6) is 0 Å². The number of hydrogen-bond donors (Lipinski definition) is 1. The molecule has 7 nitrogen and oxygen atoms in total. The number of anilines is 1. The molecule has 2 aromatic carbocycles. The van der Waals surface area contributed by atoms with Crippen LogP contribution in [0.15, 0.2) is 42.5 Å². The molecule has 29 heavy (non-hydrogen) atoms. The lowest BCUT2D eigenvalue weighted by atomic mass is 9.99. The van der Waals surface area contributed by atoms with Crippen LogP contribution in [0.2, 0.25) is 5.02 Å². The summed E-state index contributed by atoms with van der Waals surface area (Å²) in [6, 6.07) is 10.5. The molecule has 0 amide bonds. The van der Waals surface area contributed by atoms with Crippen molar-refractivity contribution in [3.8, 4) is 0 Å². The fraction of sp³-hybridized carbons (Fsp3) is 0.333. The van der Waals surface area contributed by atoms with Crippen molar-refractivity contribution < 1.29 is 19.2 Å². The highest BCUT2D eigenvalue weighted by Crippen LogP contribution is 2.27. The molecule has 0 fully saturated rings. The third kappa shape index (κ3) is 5.77. The predicted octanol–water partition coefficient (Wildman–Crippen LogP) is 4.73. The molecule has 1 atom stereocenters. The van der Waals surface area contributed by atoms with Gasteiger partial charge in [0.1, 0.15) is 6.61 Å². The maximum absolute atomic E-state index is 12.9. The lowest BCUT2D eigenvalue weighted by Gasteiger charge is -2.15. The van der Waals surface area contributed by atoms with Gasteiger partial charge in [0.05, 0.1) is 21.4 Å². The molecule has 0 aromatic heterocycles. The molecule has 8 heteroatoms. The van der Waals surface area contributed by atoms with Crippen molar-refractivity contribution in [1.29, 1.82) is 0 Å². The standard InChI is InChI=1S/C21H23ClN2O5/c1-13(2)14(3)21(26)29-11-10-23-19-9-8-15(24(27)28)12-17(19)20(25)16-6-4-5-7-18(16)22/h4-9,12-14,23H,10-11H2,1-3H3. The Morgan fingerprint density at radius 2 is 1.83 bits per heavy atom. The van der Waals surface area contributed by atoms with Crippen LogP contribution in [0.25, 0.3) is 0 Å². The lowest BCUT2D eigenvalue weighted by molar-refractivity contribution is -0.384. The third-order valence-electron chi connectivity index (χ3n) is 4.61. The van der Waals surface area contributed by atoms with Crippen molar-refractivity contribution in [2.75, 3.05) is 18.5 Å². The van der Waals surface area contributed by atoms with Crippen LogP contribution in [-0.4, -0.2) is 29.8 Å². The number of esters is 1. The first-order valence-corrected chi connectivity index (χ1v) is 9.58. The molecule has 2 rings (SSSR count). The van der Waals surface area contributed by atoms with Gasteiger partial charge in [-0.3, -0.25) is 19.7 Å². The van der Waals surface area contributed by atoms with E-state index in [0.29, 0.717) is 5.69 Å². The minimum atomic E-state index is -0.567. The quantitative estimate of drug-likeness (QED) is 0.208. The molecule has 154 valence electrons. The first-order valence-electron chi connectivity index (χ1n) is 9.20. The molecule has 2 aromatic rings. The van der Waals surface area contributed by atoms with Gasteiger partial charge in [-0.05, 0) is 24.1 Å². The highest BCUT2D eigenvalue weighted by molar-refractivity contribution is 6.35. The number of hydrogen-bond acceptors (Lipinski definition) is 6. The van der Waals surface area contributed by atoms with Crippen molar-refractivity contribution in [2.45, 2.75) is 20.8 Å². The number of nitro groups is 1. The molecule has 0 aliphatic carbocycles. The van der Waals surface area contributed by atoms with Crippen molar-refractivity contribution >= 4 is 34.7 Å². The Morgan fingerprint density at radius 1 is 1.14 bits per heavy atom. The fourth-order valence-corrected chi connectivity index (χ4v) is 2.74. The SMILES string of the molecule is CC(C)C(C)C(=O)OCCNc1ccc([N+](=O)[O-])cc1C(=O)c1ccccc1Cl. The topological polar surface area (TPSA) is 98.5 Å². The number of halogens is 1. The maximum Gasteiger partial charge on any atom is 0.308 e. The van der Waals surface area contributed by atoms with E-state index >= 15 is 0 Å². The van der Waals surface area contributed by atoms with Gasteiger partial charge in [-0.1, -0.05) is 44.5 Å². The highest BCUT2D eigenvalue weighted by atomic mass is 35.5. The van der Waals surface area contributed by atoms with E-state index in [9.17, 15) is 19.7 Å². The van der Waals surface area contributed by atoms with Crippen molar-refractivity contribution in [1.82, 2.24) is 0 Å². The first kappa shape index (κ1) is 22.4.